The normalized spacial score (nSPS) is 21.8. The number of carboxylic acid groups (broad SMARTS) is 1. The molecule has 0 saturated carbocycles. The molecule has 3 N–H and O–H groups in total. The second kappa shape index (κ2) is 16.9. The third kappa shape index (κ3) is 9.96. The van der Waals surface area contributed by atoms with Crippen LogP contribution < -0.4 is 5.32 Å². The van der Waals surface area contributed by atoms with Crippen molar-refractivity contribution in [1.82, 2.24) is 0 Å². The predicted octanol–water partition coefficient (Wildman–Crippen LogP) is 4.30. The molecular formula is C33H39NO9. The molecule has 1 aliphatic heterocycles. The fourth-order valence-corrected chi connectivity index (χ4v) is 4.82. The number of aliphatic hydroxyl groups is 1. The Hall–Kier alpha value is -3.64. The van der Waals surface area contributed by atoms with E-state index in [1.165, 1.54) is 7.11 Å². The Labute approximate surface area is 251 Å². The number of rotatable bonds is 16. The minimum absolute atomic E-state index is 0.0513. The smallest absolute Gasteiger partial charge is 0.303 e. The Bertz CT molecular complexity index is 1260. The van der Waals surface area contributed by atoms with Gasteiger partial charge in [0.05, 0.1) is 26.4 Å². The Balaban J connectivity index is 1.46. The third-order valence-corrected chi connectivity index (χ3v) is 7.05. The summed E-state index contributed by atoms with van der Waals surface area (Å²) in [7, 11) is 1.52. The number of aliphatic carboxylic acids is 1. The average molecular weight is 594 g/mol. The molecule has 3 aromatic rings. The predicted molar refractivity (Wildman–Crippen MR) is 158 cm³/mol. The van der Waals surface area contributed by atoms with Crippen LogP contribution in [0.25, 0.3) is 0 Å². The van der Waals surface area contributed by atoms with E-state index < -0.39 is 36.7 Å². The first-order chi connectivity index (χ1) is 21.0. The summed E-state index contributed by atoms with van der Waals surface area (Å²) >= 11 is 0. The number of carboxylic acids is 1. The monoisotopic (exact) mass is 593 g/mol. The summed E-state index contributed by atoms with van der Waals surface area (Å²) in [4.78, 5) is 22.8. The molecule has 1 aliphatic rings. The largest absolute Gasteiger partial charge is 0.481 e. The van der Waals surface area contributed by atoms with Crippen LogP contribution in [0.5, 0.6) is 0 Å². The van der Waals surface area contributed by atoms with Crippen LogP contribution in [-0.4, -0.2) is 66.5 Å². The van der Waals surface area contributed by atoms with Gasteiger partial charge in [0, 0.05) is 25.6 Å². The molecule has 1 fully saturated rings. The van der Waals surface area contributed by atoms with E-state index in [4.69, 9.17) is 28.8 Å². The van der Waals surface area contributed by atoms with Gasteiger partial charge in [0.2, 0.25) is 5.91 Å². The number of nitrogens with one attached hydrogen (secondary N) is 1. The van der Waals surface area contributed by atoms with Crippen molar-refractivity contribution in [2.24, 2.45) is 0 Å². The van der Waals surface area contributed by atoms with E-state index >= 15 is 0 Å². The standard InChI is InChI=1S/C33H39NO9/c1-39-33-32(42-22-25-15-17-26(18-16-25)34-28(36)13-8-14-29(37)38)31(41-21-24-11-6-3-7-12-24)30(27(19-35)43-33)40-20-23-9-4-2-5-10-23/h2-7,9-12,15-18,27,30-33,35H,8,13-14,19-22H2,1H3,(H,34,36)(H,37,38)/t27-,30-,31+,32-,33+/m1/s1. The summed E-state index contributed by atoms with van der Waals surface area (Å²) < 4.78 is 30.9. The molecule has 0 aromatic heterocycles. The molecular weight excluding hydrogens is 554 g/mol. The number of ether oxygens (including phenoxy) is 5. The van der Waals surface area contributed by atoms with E-state index in [-0.39, 0.29) is 38.4 Å². The highest BCUT2D eigenvalue weighted by Crippen LogP contribution is 2.31. The minimum Gasteiger partial charge on any atom is -0.481 e. The van der Waals surface area contributed by atoms with E-state index in [0.717, 1.165) is 16.7 Å². The highest BCUT2D eigenvalue weighted by atomic mass is 16.7. The molecule has 1 heterocycles. The molecule has 10 heteroatoms. The molecule has 0 bridgehead atoms. The van der Waals surface area contributed by atoms with Crippen molar-refractivity contribution in [3.63, 3.8) is 0 Å². The van der Waals surface area contributed by atoms with E-state index in [0.29, 0.717) is 18.9 Å². The maximum absolute atomic E-state index is 12.1. The van der Waals surface area contributed by atoms with Crippen molar-refractivity contribution in [3.05, 3.63) is 102 Å². The van der Waals surface area contributed by atoms with Gasteiger partial charge in [0.15, 0.2) is 6.29 Å². The van der Waals surface area contributed by atoms with Crippen molar-refractivity contribution in [2.75, 3.05) is 19.0 Å². The first-order valence-corrected chi connectivity index (χ1v) is 14.3. The van der Waals surface area contributed by atoms with Gasteiger partial charge in [-0.2, -0.15) is 0 Å². The first-order valence-electron chi connectivity index (χ1n) is 14.3. The van der Waals surface area contributed by atoms with E-state index in [2.05, 4.69) is 5.32 Å². The summed E-state index contributed by atoms with van der Waals surface area (Å²) in [6.45, 7) is 0.498. The zero-order chi connectivity index (χ0) is 30.4. The number of amides is 1. The molecule has 0 spiro atoms. The number of hydrogen-bond donors (Lipinski definition) is 3. The Morgan fingerprint density at radius 3 is 1.81 bits per heavy atom. The van der Waals surface area contributed by atoms with Crippen molar-refractivity contribution in [2.45, 2.75) is 69.8 Å². The maximum Gasteiger partial charge on any atom is 0.303 e. The second-order valence-corrected chi connectivity index (χ2v) is 10.3. The van der Waals surface area contributed by atoms with Gasteiger partial charge in [0.25, 0.3) is 0 Å². The molecule has 4 rings (SSSR count). The lowest BCUT2D eigenvalue weighted by atomic mass is 9.98. The van der Waals surface area contributed by atoms with E-state index in [9.17, 15) is 14.7 Å². The van der Waals surface area contributed by atoms with Crippen molar-refractivity contribution in [1.29, 1.82) is 0 Å². The van der Waals surface area contributed by atoms with Gasteiger partial charge >= 0.3 is 5.97 Å². The second-order valence-electron chi connectivity index (χ2n) is 10.3. The van der Waals surface area contributed by atoms with Crippen LogP contribution in [-0.2, 0) is 53.1 Å². The number of carbonyl (C=O) groups excluding carboxylic acids is 1. The van der Waals surface area contributed by atoms with Crippen molar-refractivity contribution >= 4 is 17.6 Å². The van der Waals surface area contributed by atoms with Gasteiger partial charge in [0.1, 0.15) is 24.4 Å². The van der Waals surface area contributed by atoms with Gasteiger partial charge in [-0.05, 0) is 35.2 Å². The molecule has 1 saturated heterocycles. The lowest BCUT2D eigenvalue weighted by Gasteiger charge is -2.45. The Kier molecular flexibility index (Phi) is 12.7. The highest BCUT2D eigenvalue weighted by molar-refractivity contribution is 5.90. The molecule has 3 aromatic carbocycles. The van der Waals surface area contributed by atoms with Crippen LogP contribution >= 0.6 is 0 Å². The first kappa shape index (κ1) is 32.3. The van der Waals surface area contributed by atoms with E-state index in [1.54, 1.807) is 12.1 Å². The maximum atomic E-state index is 12.1. The fraction of sp³-hybridized carbons (Fsp3) is 0.394. The molecule has 10 nitrogen and oxygen atoms in total. The lowest BCUT2D eigenvalue weighted by Crippen LogP contribution is -2.61. The summed E-state index contributed by atoms with van der Waals surface area (Å²) in [6.07, 6.45) is -3.14. The summed E-state index contributed by atoms with van der Waals surface area (Å²) in [5, 5.41) is 21.7. The van der Waals surface area contributed by atoms with Gasteiger partial charge in [-0.25, -0.2) is 0 Å². The molecule has 1 amide bonds. The van der Waals surface area contributed by atoms with Crippen LogP contribution in [0.4, 0.5) is 5.69 Å². The SMILES string of the molecule is CO[C@H]1O[C@H](CO)[C@@H](OCc2ccccc2)[C@H](OCc2ccccc2)[C@H]1OCc1ccc(NC(=O)CCCC(=O)O)cc1. The lowest BCUT2D eigenvalue weighted by molar-refractivity contribution is -0.321. The van der Waals surface area contributed by atoms with Crippen LogP contribution in [0.1, 0.15) is 36.0 Å². The molecule has 230 valence electrons. The van der Waals surface area contributed by atoms with Gasteiger partial charge < -0.3 is 39.2 Å². The summed E-state index contributed by atoms with van der Waals surface area (Å²) in [5.41, 5.74) is 3.39. The fourth-order valence-electron chi connectivity index (χ4n) is 4.82. The number of carbonyl (C=O) groups is 2. The van der Waals surface area contributed by atoms with E-state index in [1.807, 2.05) is 72.8 Å². The molecule has 0 aliphatic carbocycles. The summed E-state index contributed by atoms with van der Waals surface area (Å²) in [5.74, 6) is -1.17. The van der Waals surface area contributed by atoms with Gasteiger partial charge in [-0.1, -0.05) is 72.8 Å². The topological polar surface area (TPSA) is 133 Å². The number of methoxy groups -OCH3 is 1. The molecule has 0 unspecified atom stereocenters. The molecule has 0 radical (unpaired) electrons. The van der Waals surface area contributed by atoms with Crippen molar-refractivity contribution in [3.8, 4) is 0 Å². The third-order valence-electron chi connectivity index (χ3n) is 7.05. The van der Waals surface area contributed by atoms with Crippen LogP contribution in [0, 0.1) is 0 Å². The zero-order valence-corrected chi connectivity index (χ0v) is 24.2. The van der Waals surface area contributed by atoms with Gasteiger partial charge in [-0.3, -0.25) is 9.59 Å². The highest BCUT2D eigenvalue weighted by Gasteiger charge is 2.48. The number of hydrogen-bond acceptors (Lipinski definition) is 8. The quantitative estimate of drug-likeness (QED) is 0.222. The number of anilines is 1. The van der Waals surface area contributed by atoms with Gasteiger partial charge in [-0.15, -0.1) is 0 Å². The van der Waals surface area contributed by atoms with Crippen LogP contribution in [0.2, 0.25) is 0 Å². The molecule has 43 heavy (non-hydrogen) atoms. The molecule has 5 atom stereocenters. The van der Waals surface area contributed by atoms with Crippen LogP contribution in [0.15, 0.2) is 84.9 Å². The van der Waals surface area contributed by atoms with Crippen LogP contribution in [0.3, 0.4) is 0 Å². The zero-order valence-electron chi connectivity index (χ0n) is 24.2. The number of benzene rings is 3. The summed E-state index contributed by atoms with van der Waals surface area (Å²) in [6, 6.07) is 26.7. The Morgan fingerprint density at radius 2 is 1.28 bits per heavy atom. The Morgan fingerprint density at radius 1 is 0.744 bits per heavy atom. The average Bonchev–Trinajstić information content (AvgIpc) is 3.03. The minimum atomic E-state index is -0.926. The number of aliphatic hydroxyl groups excluding tert-OH is 1. The van der Waals surface area contributed by atoms with Crippen molar-refractivity contribution < 1.29 is 43.5 Å².